The Kier molecular flexibility index (Phi) is 3.88. The molecule has 0 heteroatoms. The molecule has 0 nitrogen and oxygen atoms in total. The van der Waals surface area contributed by atoms with E-state index in [-0.39, 0.29) is 10.8 Å². The standard InChI is InChI=1S/C26H26/c1-25(2)13-9-19-5-7-21(17-23(19)11-15-25)22-8-6-20-10-14-26(3,4)16-12-24(20)18-22/h5-18H,1-4H3. The van der Waals surface area contributed by atoms with Crippen molar-refractivity contribution < 1.29 is 0 Å². The lowest BCUT2D eigenvalue weighted by molar-refractivity contribution is 0.633. The molecule has 0 saturated heterocycles. The molecule has 0 aromatic heterocycles. The summed E-state index contributed by atoms with van der Waals surface area (Å²) >= 11 is 0. The summed E-state index contributed by atoms with van der Waals surface area (Å²) in [6, 6.07) is 13.5. The summed E-state index contributed by atoms with van der Waals surface area (Å²) < 4.78 is 0. The van der Waals surface area contributed by atoms with Crippen LogP contribution in [0.3, 0.4) is 0 Å². The quantitative estimate of drug-likeness (QED) is 0.505. The molecule has 0 fully saturated rings. The average Bonchev–Trinajstić information content (AvgIpc) is 2.86. The summed E-state index contributed by atoms with van der Waals surface area (Å²) in [6.07, 6.45) is 18.1. The third-order valence-corrected chi connectivity index (χ3v) is 5.28. The highest BCUT2D eigenvalue weighted by Crippen LogP contribution is 2.33. The highest BCUT2D eigenvalue weighted by Gasteiger charge is 2.15. The van der Waals surface area contributed by atoms with Gasteiger partial charge in [0.05, 0.1) is 0 Å². The molecule has 0 amide bonds. The van der Waals surface area contributed by atoms with Gasteiger partial charge < -0.3 is 0 Å². The van der Waals surface area contributed by atoms with Crippen molar-refractivity contribution in [2.75, 3.05) is 0 Å². The van der Waals surface area contributed by atoms with Crippen LogP contribution in [0, 0.1) is 10.8 Å². The molecule has 130 valence electrons. The van der Waals surface area contributed by atoms with Gasteiger partial charge in [-0.25, -0.2) is 0 Å². The van der Waals surface area contributed by atoms with E-state index < -0.39 is 0 Å². The summed E-state index contributed by atoms with van der Waals surface area (Å²) in [5, 5.41) is 0. The van der Waals surface area contributed by atoms with E-state index in [2.05, 4.69) is 113 Å². The van der Waals surface area contributed by atoms with Crippen molar-refractivity contribution in [2.24, 2.45) is 10.8 Å². The number of hydrogen-bond donors (Lipinski definition) is 0. The Bertz CT molecular complexity index is 894. The first kappa shape index (κ1) is 16.8. The van der Waals surface area contributed by atoms with Gasteiger partial charge in [0.1, 0.15) is 0 Å². The summed E-state index contributed by atoms with van der Waals surface area (Å²) in [7, 11) is 0. The molecule has 2 aromatic carbocycles. The van der Waals surface area contributed by atoms with Crippen molar-refractivity contribution >= 4 is 24.3 Å². The van der Waals surface area contributed by atoms with Gasteiger partial charge in [-0.15, -0.1) is 0 Å². The van der Waals surface area contributed by atoms with Crippen LogP contribution in [0.4, 0.5) is 0 Å². The van der Waals surface area contributed by atoms with Gasteiger partial charge in [-0.05, 0) is 45.5 Å². The molecule has 2 aromatic rings. The van der Waals surface area contributed by atoms with Crippen LogP contribution in [0.2, 0.25) is 0 Å². The van der Waals surface area contributed by atoms with Crippen molar-refractivity contribution in [3.8, 4) is 11.1 Å². The Morgan fingerprint density at radius 1 is 0.462 bits per heavy atom. The number of hydrogen-bond acceptors (Lipinski definition) is 0. The zero-order valence-corrected chi connectivity index (χ0v) is 16.1. The molecule has 0 spiro atoms. The van der Waals surface area contributed by atoms with Crippen LogP contribution in [-0.4, -0.2) is 0 Å². The molecule has 26 heavy (non-hydrogen) atoms. The fourth-order valence-electron chi connectivity index (χ4n) is 3.43. The topological polar surface area (TPSA) is 0 Å². The Labute approximate surface area is 157 Å². The minimum Gasteiger partial charge on any atom is -0.0745 e. The Morgan fingerprint density at radius 3 is 1.19 bits per heavy atom. The molecule has 0 saturated carbocycles. The largest absolute Gasteiger partial charge is 0.0745 e. The van der Waals surface area contributed by atoms with Gasteiger partial charge in [0.15, 0.2) is 0 Å². The second-order valence-electron chi connectivity index (χ2n) is 8.66. The van der Waals surface area contributed by atoms with Crippen LogP contribution in [-0.2, 0) is 0 Å². The second kappa shape index (κ2) is 5.99. The fourth-order valence-corrected chi connectivity index (χ4v) is 3.43. The SMILES string of the molecule is CC1(C)C=Cc2ccc(-c3ccc4c(c3)C=CC(C)(C)C=C4)cc2C=C1. The lowest BCUT2D eigenvalue weighted by Gasteiger charge is -2.12. The molecule has 4 rings (SSSR count). The maximum atomic E-state index is 2.31. The van der Waals surface area contributed by atoms with Crippen molar-refractivity contribution in [3.63, 3.8) is 0 Å². The maximum absolute atomic E-state index is 2.31. The van der Waals surface area contributed by atoms with Crippen molar-refractivity contribution in [2.45, 2.75) is 27.7 Å². The lowest BCUT2D eigenvalue weighted by Crippen LogP contribution is -1.99. The zero-order chi connectivity index (χ0) is 18.4. The molecule has 0 aliphatic heterocycles. The van der Waals surface area contributed by atoms with Crippen molar-refractivity contribution in [1.82, 2.24) is 0 Å². The van der Waals surface area contributed by atoms with E-state index in [0.29, 0.717) is 0 Å². The Morgan fingerprint density at radius 2 is 0.808 bits per heavy atom. The fraction of sp³-hybridized carbons (Fsp3) is 0.231. The number of rotatable bonds is 1. The van der Waals surface area contributed by atoms with E-state index in [1.54, 1.807) is 0 Å². The van der Waals surface area contributed by atoms with Gasteiger partial charge in [-0.2, -0.15) is 0 Å². The monoisotopic (exact) mass is 338 g/mol. The van der Waals surface area contributed by atoms with Crippen LogP contribution in [0.25, 0.3) is 35.4 Å². The molecule has 2 aliphatic carbocycles. The van der Waals surface area contributed by atoms with Gasteiger partial charge in [-0.1, -0.05) is 101 Å². The van der Waals surface area contributed by atoms with E-state index in [0.717, 1.165) is 0 Å². The van der Waals surface area contributed by atoms with Crippen LogP contribution >= 0.6 is 0 Å². The van der Waals surface area contributed by atoms with Gasteiger partial charge in [0.2, 0.25) is 0 Å². The van der Waals surface area contributed by atoms with E-state index in [1.807, 2.05) is 0 Å². The smallest absolute Gasteiger partial charge is 0.00111 e. The number of allylic oxidation sites excluding steroid dienone is 4. The second-order valence-corrected chi connectivity index (χ2v) is 8.66. The molecule has 0 bridgehead atoms. The first-order chi connectivity index (χ1) is 12.3. The number of benzene rings is 2. The Balaban J connectivity index is 1.75. The van der Waals surface area contributed by atoms with Crippen LogP contribution < -0.4 is 0 Å². The molecular weight excluding hydrogens is 312 g/mol. The summed E-state index contributed by atoms with van der Waals surface area (Å²) in [5.74, 6) is 0. The predicted octanol–water partition coefficient (Wildman–Crippen LogP) is 7.49. The normalized spacial score (nSPS) is 18.8. The Hall–Kier alpha value is -2.60. The highest BCUT2D eigenvalue weighted by atomic mass is 14.2. The molecule has 0 unspecified atom stereocenters. The van der Waals surface area contributed by atoms with E-state index >= 15 is 0 Å². The first-order valence-corrected chi connectivity index (χ1v) is 9.37. The molecular formula is C26H26. The van der Waals surface area contributed by atoms with E-state index in [4.69, 9.17) is 0 Å². The van der Waals surface area contributed by atoms with Crippen molar-refractivity contribution in [1.29, 1.82) is 0 Å². The van der Waals surface area contributed by atoms with Gasteiger partial charge in [0, 0.05) is 10.8 Å². The number of fused-ring (bicyclic) bond motifs is 2. The summed E-state index contributed by atoms with van der Waals surface area (Å²) in [6.45, 7) is 8.95. The molecule has 2 aliphatic rings. The molecule has 0 atom stereocenters. The third-order valence-electron chi connectivity index (χ3n) is 5.28. The summed E-state index contributed by atoms with van der Waals surface area (Å²) in [4.78, 5) is 0. The van der Waals surface area contributed by atoms with Crippen LogP contribution in [0.5, 0.6) is 0 Å². The van der Waals surface area contributed by atoms with Gasteiger partial charge in [0.25, 0.3) is 0 Å². The van der Waals surface area contributed by atoms with Crippen LogP contribution in [0.1, 0.15) is 49.9 Å². The van der Waals surface area contributed by atoms with E-state index in [1.165, 1.54) is 33.4 Å². The first-order valence-electron chi connectivity index (χ1n) is 9.37. The zero-order valence-electron chi connectivity index (χ0n) is 16.1. The maximum Gasteiger partial charge on any atom is 0.00111 e. The van der Waals surface area contributed by atoms with E-state index in [9.17, 15) is 0 Å². The average molecular weight is 338 g/mol. The molecule has 0 heterocycles. The minimum absolute atomic E-state index is 0.104. The third kappa shape index (κ3) is 3.37. The minimum atomic E-state index is 0.104. The van der Waals surface area contributed by atoms with Crippen LogP contribution in [0.15, 0.2) is 60.7 Å². The van der Waals surface area contributed by atoms with Gasteiger partial charge in [-0.3, -0.25) is 0 Å². The lowest BCUT2D eigenvalue weighted by atomic mass is 9.93. The summed E-state index contributed by atoms with van der Waals surface area (Å²) in [5.41, 5.74) is 7.90. The predicted molar refractivity (Wildman–Crippen MR) is 116 cm³/mol. The van der Waals surface area contributed by atoms with Gasteiger partial charge >= 0.3 is 0 Å². The van der Waals surface area contributed by atoms with Crippen molar-refractivity contribution in [3.05, 3.63) is 83.0 Å². The molecule has 0 radical (unpaired) electrons. The molecule has 0 N–H and O–H groups in total. The highest BCUT2D eigenvalue weighted by molar-refractivity contribution is 5.78.